The van der Waals surface area contributed by atoms with Gasteiger partial charge in [0.2, 0.25) is 0 Å². The lowest BCUT2D eigenvalue weighted by Crippen LogP contribution is -2.43. The van der Waals surface area contributed by atoms with Gasteiger partial charge in [-0.3, -0.25) is 9.88 Å². The second-order valence-corrected chi connectivity index (χ2v) is 7.61. The lowest BCUT2D eigenvalue weighted by atomic mass is 9.94. The average Bonchev–Trinajstić information content (AvgIpc) is 2.74. The van der Waals surface area contributed by atoms with Gasteiger partial charge in [0.1, 0.15) is 12.4 Å². The maximum absolute atomic E-state index is 6.26. The van der Waals surface area contributed by atoms with Crippen LogP contribution in [0.3, 0.4) is 0 Å². The summed E-state index contributed by atoms with van der Waals surface area (Å²) in [5, 5.41) is 0. The zero-order chi connectivity index (χ0) is 19.3. The Hall–Kier alpha value is -2.36. The van der Waals surface area contributed by atoms with E-state index >= 15 is 0 Å². The fraction of sp³-hybridized carbons (Fsp3) is 0.292. The normalized spacial score (nSPS) is 16.6. The maximum Gasteiger partial charge on any atom is 0.125 e. The number of pyridine rings is 1. The molecule has 0 radical (unpaired) electrons. The van der Waals surface area contributed by atoms with E-state index in [2.05, 4.69) is 64.5 Å². The highest BCUT2D eigenvalue weighted by Crippen LogP contribution is 2.27. The van der Waals surface area contributed by atoms with Crippen LogP contribution < -0.4 is 4.74 Å². The van der Waals surface area contributed by atoms with Crippen molar-refractivity contribution in [3.8, 4) is 5.75 Å². The topological polar surface area (TPSA) is 25.4 Å². The summed E-state index contributed by atoms with van der Waals surface area (Å²) in [4.78, 5) is 6.85. The molecule has 2 heterocycles. The van der Waals surface area contributed by atoms with Crippen LogP contribution in [0.1, 0.15) is 27.9 Å². The van der Waals surface area contributed by atoms with Crippen LogP contribution in [-0.2, 0) is 25.4 Å². The molecular formula is C24H25ClN2O. The van der Waals surface area contributed by atoms with Gasteiger partial charge in [0, 0.05) is 30.9 Å². The lowest BCUT2D eigenvalue weighted by Gasteiger charge is -2.37. The van der Waals surface area contributed by atoms with Crippen molar-refractivity contribution >= 4 is 11.6 Å². The predicted molar refractivity (Wildman–Crippen MR) is 114 cm³/mol. The summed E-state index contributed by atoms with van der Waals surface area (Å²) in [6, 6.07) is 21.7. The summed E-state index contributed by atoms with van der Waals surface area (Å²) >= 11 is 6.00. The third-order valence-electron chi connectivity index (χ3n) is 5.51. The highest BCUT2D eigenvalue weighted by Gasteiger charge is 2.26. The van der Waals surface area contributed by atoms with Gasteiger partial charge in [0.25, 0.3) is 0 Å². The fourth-order valence-corrected chi connectivity index (χ4v) is 4.11. The van der Waals surface area contributed by atoms with Gasteiger partial charge in [0.05, 0.1) is 11.6 Å². The maximum atomic E-state index is 6.26. The van der Waals surface area contributed by atoms with Crippen LogP contribution in [0.25, 0.3) is 0 Å². The summed E-state index contributed by atoms with van der Waals surface area (Å²) < 4.78 is 6.26. The van der Waals surface area contributed by atoms with Gasteiger partial charge < -0.3 is 4.74 Å². The molecule has 0 saturated carbocycles. The van der Waals surface area contributed by atoms with Crippen molar-refractivity contribution in [2.24, 2.45) is 0 Å². The Balaban J connectivity index is 1.54. The van der Waals surface area contributed by atoms with Crippen molar-refractivity contribution in [2.45, 2.75) is 38.4 Å². The molecule has 0 amide bonds. The SMILES string of the molecule is Cc1c(OCC2Cc3ccccc3CN2Cc2ccccc2)ccnc1CCl. The smallest absolute Gasteiger partial charge is 0.125 e. The Kier molecular flexibility index (Phi) is 5.94. The number of halogens is 1. The molecule has 0 fully saturated rings. The predicted octanol–water partition coefficient (Wildman–Crippen LogP) is 5.13. The number of aromatic nitrogens is 1. The van der Waals surface area contributed by atoms with Gasteiger partial charge in [-0.2, -0.15) is 0 Å². The van der Waals surface area contributed by atoms with E-state index in [1.54, 1.807) is 6.20 Å². The number of fused-ring (bicyclic) bond motifs is 1. The molecule has 0 saturated heterocycles. The minimum atomic E-state index is 0.321. The Morgan fingerprint density at radius 1 is 1.04 bits per heavy atom. The molecule has 4 heteroatoms. The van der Waals surface area contributed by atoms with Crippen molar-refractivity contribution in [3.63, 3.8) is 0 Å². The van der Waals surface area contributed by atoms with Crippen LogP contribution in [0.5, 0.6) is 5.75 Å². The van der Waals surface area contributed by atoms with Crippen molar-refractivity contribution in [1.29, 1.82) is 0 Å². The minimum Gasteiger partial charge on any atom is -0.492 e. The molecule has 1 unspecified atom stereocenters. The number of rotatable bonds is 6. The van der Waals surface area contributed by atoms with Gasteiger partial charge in [0.15, 0.2) is 0 Å². The first-order chi connectivity index (χ1) is 13.7. The van der Waals surface area contributed by atoms with Crippen LogP contribution in [0.15, 0.2) is 66.9 Å². The molecule has 1 atom stereocenters. The summed E-state index contributed by atoms with van der Waals surface area (Å²) in [5.74, 6) is 1.28. The molecule has 144 valence electrons. The second kappa shape index (κ2) is 8.76. The minimum absolute atomic E-state index is 0.321. The highest BCUT2D eigenvalue weighted by molar-refractivity contribution is 6.17. The van der Waals surface area contributed by atoms with E-state index < -0.39 is 0 Å². The number of hydrogen-bond donors (Lipinski definition) is 0. The number of alkyl halides is 1. The Morgan fingerprint density at radius 3 is 2.57 bits per heavy atom. The van der Waals surface area contributed by atoms with E-state index in [-0.39, 0.29) is 0 Å². The molecule has 1 aliphatic rings. The third-order valence-corrected chi connectivity index (χ3v) is 5.76. The van der Waals surface area contributed by atoms with Crippen LogP contribution in [-0.4, -0.2) is 22.5 Å². The van der Waals surface area contributed by atoms with Gasteiger partial charge in [-0.25, -0.2) is 0 Å². The van der Waals surface area contributed by atoms with E-state index in [1.165, 1.54) is 16.7 Å². The van der Waals surface area contributed by atoms with Crippen LogP contribution in [0, 0.1) is 6.92 Å². The monoisotopic (exact) mass is 392 g/mol. The lowest BCUT2D eigenvalue weighted by molar-refractivity contribution is 0.109. The quantitative estimate of drug-likeness (QED) is 0.543. The number of nitrogens with zero attached hydrogens (tertiary/aromatic N) is 2. The summed E-state index contributed by atoms with van der Waals surface area (Å²) in [5.41, 5.74) is 6.08. The second-order valence-electron chi connectivity index (χ2n) is 7.34. The number of benzene rings is 2. The van der Waals surface area contributed by atoms with Gasteiger partial charge >= 0.3 is 0 Å². The molecule has 0 aliphatic carbocycles. The molecule has 3 nitrogen and oxygen atoms in total. The molecule has 4 rings (SSSR count). The first-order valence-corrected chi connectivity index (χ1v) is 10.3. The Bertz CT molecular complexity index is 929. The van der Waals surface area contributed by atoms with Crippen LogP contribution >= 0.6 is 11.6 Å². The third kappa shape index (κ3) is 4.21. The summed E-state index contributed by atoms with van der Waals surface area (Å²) in [6.07, 6.45) is 2.77. The zero-order valence-corrected chi connectivity index (χ0v) is 16.9. The van der Waals surface area contributed by atoms with Crippen molar-refractivity contribution < 1.29 is 4.74 Å². The van der Waals surface area contributed by atoms with E-state index in [0.717, 1.165) is 36.5 Å². The summed E-state index contributed by atoms with van der Waals surface area (Å²) in [7, 11) is 0. The molecular weight excluding hydrogens is 368 g/mol. The largest absolute Gasteiger partial charge is 0.492 e. The first kappa shape index (κ1) is 19.0. The van der Waals surface area contributed by atoms with E-state index in [0.29, 0.717) is 18.5 Å². The van der Waals surface area contributed by atoms with Crippen molar-refractivity contribution in [1.82, 2.24) is 9.88 Å². The average molecular weight is 393 g/mol. The van der Waals surface area contributed by atoms with E-state index in [4.69, 9.17) is 16.3 Å². The first-order valence-electron chi connectivity index (χ1n) is 9.72. The van der Waals surface area contributed by atoms with Crippen LogP contribution in [0.2, 0.25) is 0 Å². The number of hydrogen-bond acceptors (Lipinski definition) is 3. The molecule has 3 aromatic rings. The standard InChI is InChI=1S/C24H25ClN2O/c1-18-23(14-25)26-12-11-24(18)28-17-22-13-20-9-5-6-10-21(20)16-27(22)15-19-7-3-2-4-8-19/h2-12,22H,13-17H2,1H3. The van der Waals surface area contributed by atoms with E-state index in [9.17, 15) is 0 Å². The van der Waals surface area contributed by atoms with Gasteiger partial charge in [-0.15, -0.1) is 11.6 Å². The Morgan fingerprint density at radius 2 is 1.79 bits per heavy atom. The molecule has 1 aliphatic heterocycles. The fourth-order valence-electron chi connectivity index (χ4n) is 3.85. The Labute approximate surface area is 171 Å². The highest BCUT2D eigenvalue weighted by atomic mass is 35.5. The van der Waals surface area contributed by atoms with E-state index in [1.807, 2.05) is 13.0 Å². The number of ether oxygens (including phenoxy) is 1. The zero-order valence-electron chi connectivity index (χ0n) is 16.1. The van der Waals surface area contributed by atoms with Gasteiger partial charge in [-0.1, -0.05) is 54.6 Å². The van der Waals surface area contributed by atoms with Crippen LogP contribution in [0.4, 0.5) is 0 Å². The van der Waals surface area contributed by atoms with Gasteiger partial charge in [-0.05, 0) is 36.1 Å². The van der Waals surface area contributed by atoms with Crippen molar-refractivity contribution in [2.75, 3.05) is 6.61 Å². The molecule has 2 aromatic carbocycles. The molecule has 0 N–H and O–H groups in total. The molecule has 0 spiro atoms. The molecule has 28 heavy (non-hydrogen) atoms. The molecule has 0 bridgehead atoms. The molecule has 1 aromatic heterocycles. The summed E-state index contributed by atoms with van der Waals surface area (Å²) in [6.45, 7) is 4.54. The van der Waals surface area contributed by atoms with Crippen molar-refractivity contribution in [3.05, 3.63) is 94.8 Å².